The minimum absolute atomic E-state index is 0.209. The molecule has 0 atom stereocenters. The Morgan fingerprint density at radius 1 is 1.09 bits per heavy atom. The van der Waals surface area contributed by atoms with E-state index in [0.717, 1.165) is 29.4 Å². The van der Waals surface area contributed by atoms with Crippen LogP contribution >= 0.6 is 11.3 Å². The number of amides is 2. The summed E-state index contributed by atoms with van der Waals surface area (Å²) >= 11 is 1.28. The summed E-state index contributed by atoms with van der Waals surface area (Å²) in [7, 11) is 0. The summed E-state index contributed by atoms with van der Waals surface area (Å²) in [4.78, 5) is 48.8. The van der Waals surface area contributed by atoms with Crippen LogP contribution in [-0.2, 0) is 19.1 Å². The lowest BCUT2D eigenvalue weighted by atomic mass is 10.0. The van der Waals surface area contributed by atoms with Crippen LogP contribution in [0.4, 0.5) is 20.5 Å². The largest absolute Gasteiger partial charge is 0.490 e. The number of thiazole rings is 1. The predicted octanol–water partition coefficient (Wildman–Crippen LogP) is 6.37. The number of carboxylic acid groups (broad SMARTS) is 1. The van der Waals surface area contributed by atoms with Gasteiger partial charge in [-0.1, -0.05) is 5.16 Å². The summed E-state index contributed by atoms with van der Waals surface area (Å²) in [6, 6.07) is 8.02. The predicted molar refractivity (Wildman–Crippen MR) is 181 cm³/mol. The lowest BCUT2D eigenvalue weighted by Gasteiger charge is -2.34. The summed E-state index contributed by atoms with van der Waals surface area (Å²) < 4.78 is 16.6. The van der Waals surface area contributed by atoms with Crippen molar-refractivity contribution < 1.29 is 38.5 Å². The first-order chi connectivity index (χ1) is 22.2. The molecule has 3 aromatic rings. The number of rotatable bonds is 9. The fourth-order valence-electron chi connectivity index (χ4n) is 4.36. The Kier molecular flexibility index (Phi) is 13.1. The Balaban J connectivity index is 0.00000192. The molecule has 3 N–H and O–H groups in total. The standard InChI is InChI=1S/C31H42N6O6S.CH2O2/c1-20(25-19-44-27(34-25)35-28(38)42-30(2,3)4)36-41-17-16-40-23-8-9-24-21(18-23)10-13-32-26(24)33-22-11-14-37(15-12-22)29(39)43-31(5,6)7;2-1-3/h8-10,13,18-19,22H,11-12,14-17H2,1-7H3,(H,32,33)(H,34,35,38);1H,(H,2,3)/b36-20+;. The first-order valence-corrected chi connectivity index (χ1v) is 16.0. The van der Waals surface area contributed by atoms with E-state index in [0.29, 0.717) is 42.0 Å². The van der Waals surface area contributed by atoms with E-state index >= 15 is 0 Å². The highest BCUT2D eigenvalue weighted by Gasteiger charge is 2.27. The number of nitrogens with one attached hydrogen (secondary N) is 2. The zero-order valence-corrected chi connectivity index (χ0v) is 28.7. The second kappa shape index (κ2) is 16.8. The van der Waals surface area contributed by atoms with Crippen LogP contribution in [0, 0.1) is 0 Å². The fraction of sp³-hybridized carbons (Fsp3) is 0.500. The summed E-state index contributed by atoms with van der Waals surface area (Å²) in [6.07, 6.45) is 2.58. The lowest BCUT2D eigenvalue weighted by molar-refractivity contribution is -0.122. The molecule has 1 aliphatic heterocycles. The van der Waals surface area contributed by atoms with Crippen molar-refractivity contribution in [2.75, 3.05) is 36.9 Å². The zero-order chi connectivity index (χ0) is 34.6. The van der Waals surface area contributed by atoms with Gasteiger partial charge in [-0.15, -0.1) is 11.3 Å². The third kappa shape index (κ3) is 12.6. The molecule has 1 saturated heterocycles. The molecule has 1 fully saturated rings. The molecule has 0 aliphatic carbocycles. The third-order valence-electron chi connectivity index (χ3n) is 6.35. The van der Waals surface area contributed by atoms with Gasteiger partial charge in [0.2, 0.25) is 0 Å². The minimum atomic E-state index is -0.591. The number of ether oxygens (including phenoxy) is 3. The number of pyridine rings is 1. The highest BCUT2D eigenvalue weighted by molar-refractivity contribution is 7.14. The summed E-state index contributed by atoms with van der Waals surface area (Å²) in [6.45, 7) is 14.4. The van der Waals surface area contributed by atoms with Crippen molar-refractivity contribution in [3.05, 3.63) is 41.5 Å². The second-order valence-electron chi connectivity index (χ2n) is 12.6. The normalized spacial score (nSPS) is 14.0. The van der Waals surface area contributed by atoms with Gasteiger partial charge in [-0.05, 0) is 91.0 Å². The summed E-state index contributed by atoms with van der Waals surface area (Å²) in [5, 5.41) is 21.4. The van der Waals surface area contributed by atoms with Crippen LogP contribution in [0.5, 0.6) is 5.75 Å². The minimum Gasteiger partial charge on any atom is -0.490 e. The SMILES string of the molecule is C/C(=N\OCCOc1ccc2c(NC3CCN(C(=O)OC(C)(C)C)CC3)nccc2c1)c1csc(NC(=O)OC(C)(C)C)n1.O=CO. The molecule has 0 bridgehead atoms. The van der Waals surface area contributed by atoms with Gasteiger partial charge in [0.1, 0.15) is 40.8 Å². The number of carbonyl (C=O) groups is 3. The van der Waals surface area contributed by atoms with Gasteiger partial charge in [-0.25, -0.2) is 19.6 Å². The molecule has 3 heterocycles. The Bertz CT molecular complexity index is 1520. The average Bonchev–Trinajstić information content (AvgIpc) is 3.44. The Hall–Kier alpha value is -4.66. The van der Waals surface area contributed by atoms with E-state index in [1.807, 2.05) is 45.0 Å². The number of hydrogen-bond donors (Lipinski definition) is 3. The molecule has 1 aliphatic rings. The van der Waals surface area contributed by atoms with E-state index in [4.69, 9.17) is 28.9 Å². The van der Waals surface area contributed by atoms with Crippen LogP contribution in [0.2, 0.25) is 0 Å². The monoisotopic (exact) mass is 672 g/mol. The molecule has 0 saturated carbocycles. The van der Waals surface area contributed by atoms with E-state index in [9.17, 15) is 9.59 Å². The second-order valence-corrected chi connectivity index (χ2v) is 13.4. The van der Waals surface area contributed by atoms with Crippen LogP contribution in [-0.4, -0.2) is 87.9 Å². The molecule has 256 valence electrons. The van der Waals surface area contributed by atoms with E-state index < -0.39 is 17.3 Å². The molecule has 0 spiro atoms. The first kappa shape index (κ1) is 36.8. The number of benzene rings is 1. The van der Waals surface area contributed by atoms with Crippen molar-refractivity contribution >= 4 is 57.4 Å². The maximum atomic E-state index is 12.4. The number of piperidine rings is 1. The van der Waals surface area contributed by atoms with Crippen molar-refractivity contribution in [1.82, 2.24) is 14.9 Å². The lowest BCUT2D eigenvalue weighted by Crippen LogP contribution is -2.44. The van der Waals surface area contributed by atoms with Gasteiger partial charge in [-0.2, -0.15) is 0 Å². The van der Waals surface area contributed by atoms with Crippen LogP contribution in [0.3, 0.4) is 0 Å². The number of nitrogens with zero attached hydrogens (tertiary/aromatic N) is 4. The highest BCUT2D eigenvalue weighted by atomic mass is 32.1. The van der Waals surface area contributed by atoms with Crippen LogP contribution in [0.25, 0.3) is 10.8 Å². The number of likely N-dealkylation sites (tertiary alicyclic amines) is 1. The van der Waals surface area contributed by atoms with Gasteiger partial charge in [0, 0.05) is 36.1 Å². The van der Waals surface area contributed by atoms with E-state index in [2.05, 4.69) is 25.8 Å². The van der Waals surface area contributed by atoms with Crippen molar-refractivity contribution in [3.8, 4) is 5.75 Å². The number of carbonyl (C=O) groups excluding carboxylic acids is 2. The van der Waals surface area contributed by atoms with Crippen LogP contribution in [0.1, 0.15) is 67.0 Å². The molecular formula is C32H44N6O8S. The average molecular weight is 673 g/mol. The molecule has 2 aromatic heterocycles. The van der Waals surface area contributed by atoms with Gasteiger partial charge in [0.25, 0.3) is 6.47 Å². The molecule has 0 unspecified atom stereocenters. The van der Waals surface area contributed by atoms with Crippen molar-refractivity contribution in [2.45, 2.75) is 78.6 Å². The topological polar surface area (TPSA) is 174 Å². The number of aromatic nitrogens is 2. The molecule has 47 heavy (non-hydrogen) atoms. The molecule has 2 amide bonds. The molecule has 14 nitrogen and oxygen atoms in total. The van der Waals surface area contributed by atoms with Crippen molar-refractivity contribution in [2.24, 2.45) is 5.16 Å². The third-order valence-corrected chi connectivity index (χ3v) is 7.11. The fourth-order valence-corrected chi connectivity index (χ4v) is 5.10. The molecular weight excluding hydrogens is 628 g/mol. The number of anilines is 2. The first-order valence-electron chi connectivity index (χ1n) is 15.1. The zero-order valence-electron chi connectivity index (χ0n) is 27.9. The molecule has 4 rings (SSSR count). The highest BCUT2D eigenvalue weighted by Crippen LogP contribution is 2.27. The van der Waals surface area contributed by atoms with E-state index in [-0.39, 0.29) is 25.2 Å². The van der Waals surface area contributed by atoms with Crippen molar-refractivity contribution in [1.29, 1.82) is 0 Å². The number of fused-ring (bicyclic) bond motifs is 1. The van der Waals surface area contributed by atoms with Gasteiger partial charge in [-0.3, -0.25) is 10.1 Å². The Morgan fingerprint density at radius 3 is 2.43 bits per heavy atom. The van der Waals surface area contributed by atoms with Gasteiger partial charge >= 0.3 is 12.2 Å². The molecule has 1 aromatic carbocycles. The smallest absolute Gasteiger partial charge is 0.413 e. The van der Waals surface area contributed by atoms with Gasteiger partial charge in [0.15, 0.2) is 11.7 Å². The van der Waals surface area contributed by atoms with E-state index in [1.54, 1.807) is 44.2 Å². The maximum absolute atomic E-state index is 12.4. The van der Waals surface area contributed by atoms with Crippen LogP contribution in [0.15, 0.2) is 41.0 Å². The molecule has 0 radical (unpaired) electrons. The number of hydrogen-bond acceptors (Lipinski definition) is 12. The van der Waals surface area contributed by atoms with E-state index in [1.165, 1.54) is 11.3 Å². The Morgan fingerprint density at radius 2 is 1.77 bits per heavy atom. The number of oxime groups is 1. The summed E-state index contributed by atoms with van der Waals surface area (Å²) in [5.74, 6) is 1.52. The van der Waals surface area contributed by atoms with Crippen molar-refractivity contribution in [3.63, 3.8) is 0 Å². The van der Waals surface area contributed by atoms with Gasteiger partial charge < -0.3 is 34.4 Å². The quantitative estimate of drug-likeness (QED) is 0.0997. The Labute approximate surface area is 278 Å². The summed E-state index contributed by atoms with van der Waals surface area (Å²) in [5.41, 5.74) is 0.0845. The van der Waals surface area contributed by atoms with Gasteiger partial charge in [0.05, 0.1) is 0 Å². The maximum Gasteiger partial charge on any atom is 0.413 e. The molecule has 15 heteroatoms. The van der Waals surface area contributed by atoms with Crippen LogP contribution < -0.4 is 15.4 Å².